The van der Waals surface area contributed by atoms with Crippen molar-refractivity contribution in [3.05, 3.63) is 65.2 Å². The second-order valence-corrected chi connectivity index (χ2v) is 4.36. The average molecular weight is 325 g/mol. The Morgan fingerprint density at radius 1 is 1.09 bits per heavy atom. The van der Waals surface area contributed by atoms with Gasteiger partial charge in [-0.3, -0.25) is 4.79 Å². The zero-order chi connectivity index (χ0) is 17.5. The number of anilines is 1. The maximum atomic E-state index is 12.9. The second-order valence-electron chi connectivity index (χ2n) is 4.36. The summed E-state index contributed by atoms with van der Waals surface area (Å²) in [5, 5.41) is 11.4. The summed E-state index contributed by atoms with van der Waals surface area (Å²) in [5.74, 6) is -0.849. The van der Waals surface area contributed by atoms with Crippen molar-refractivity contribution in [2.24, 2.45) is 0 Å². The van der Waals surface area contributed by atoms with E-state index in [-0.39, 0.29) is 6.61 Å². The minimum atomic E-state index is -4.60. The third kappa shape index (κ3) is 5.10. The third-order valence-corrected chi connectivity index (χ3v) is 2.84. The van der Waals surface area contributed by atoms with Gasteiger partial charge in [-0.1, -0.05) is 38.1 Å². The predicted octanol–water partition coefficient (Wildman–Crippen LogP) is 4.48. The monoisotopic (exact) mass is 325 g/mol. The zero-order valence-electron chi connectivity index (χ0n) is 12.8. The number of benzene rings is 2. The smallest absolute Gasteiger partial charge is 0.392 e. The van der Waals surface area contributed by atoms with E-state index in [1.807, 2.05) is 13.8 Å². The number of amides is 1. The van der Waals surface area contributed by atoms with Gasteiger partial charge in [0.2, 0.25) is 0 Å². The van der Waals surface area contributed by atoms with Crippen LogP contribution in [0.4, 0.5) is 18.9 Å². The first-order valence-electron chi connectivity index (χ1n) is 7.09. The van der Waals surface area contributed by atoms with Crippen molar-refractivity contribution in [2.75, 3.05) is 5.32 Å². The van der Waals surface area contributed by atoms with Crippen LogP contribution in [-0.2, 0) is 12.8 Å². The summed E-state index contributed by atoms with van der Waals surface area (Å²) in [6.07, 6.45) is -4.60. The molecule has 2 aromatic carbocycles. The molecule has 2 N–H and O–H groups in total. The third-order valence-electron chi connectivity index (χ3n) is 2.84. The summed E-state index contributed by atoms with van der Waals surface area (Å²) in [6.45, 7) is 3.78. The minimum Gasteiger partial charge on any atom is -0.392 e. The fourth-order valence-corrected chi connectivity index (χ4v) is 1.87. The molecular formula is C17H18F3NO2. The van der Waals surface area contributed by atoms with Crippen molar-refractivity contribution in [3.63, 3.8) is 0 Å². The summed E-state index contributed by atoms with van der Waals surface area (Å²) < 4.78 is 38.6. The molecule has 124 valence electrons. The molecule has 0 aliphatic heterocycles. The Labute approximate surface area is 132 Å². The lowest BCUT2D eigenvalue weighted by Crippen LogP contribution is -2.18. The number of hydrogen-bond donors (Lipinski definition) is 2. The molecule has 0 aromatic heterocycles. The Hall–Kier alpha value is -2.34. The molecule has 0 spiro atoms. The van der Waals surface area contributed by atoms with Crippen LogP contribution in [0.1, 0.15) is 35.3 Å². The summed E-state index contributed by atoms with van der Waals surface area (Å²) >= 11 is 0. The molecule has 0 saturated carbocycles. The van der Waals surface area contributed by atoms with Gasteiger partial charge >= 0.3 is 6.18 Å². The van der Waals surface area contributed by atoms with E-state index >= 15 is 0 Å². The van der Waals surface area contributed by atoms with Gasteiger partial charge in [0.05, 0.1) is 17.7 Å². The summed E-state index contributed by atoms with van der Waals surface area (Å²) in [4.78, 5) is 12.0. The molecule has 1 amide bonds. The van der Waals surface area contributed by atoms with Crippen LogP contribution in [0.25, 0.3) is 0 Å². The van der Waals surface area contributed by atoms with Crippen molar-refractivity contribution in [1.29, 1.82) is 0 Å². The fraction of sp³-hybridized carbons (Fsp3) is 0.235. The van der Waals surface area contributed by atoms with Crippen molar-refractivity contribution in [1.82, 2.24) is 0 Å². The van der Waals surface area contributed by atoms with E-state index in [4.69, 9.17) is 5.11 Å². The number of alkyl halides is 3. The first-order valence-corrected chi connectivity index (χ1v) is 7.09. The highest BCUT2D eigenvalue weighted by Crippen LogP contribution is 2.32. The number of aliphatic hydroxyl groups excluding tert-OH is 1. The molecule has 23 heavy (non-hydrogen) atoms. The molecule has 0 atom stereocenters. The average Bonchev–Trinajstić information content (AvgIpc) is 2.56. The van der Waals surface area contributed by atoms with Crippen LogP contribution < -0.4 is 5.32 Å². The van der Waals surface area contributed by atoms with Crippen molar-refractivity contribution in [2.45, 2.75) is 26.6 Å². The summed E-state index contributed by atoms with van der Waals surface area (Å²) in [7, 11) is 0. The van der Waals surface area contributed by atoms with Gasteiger partial charge < -0.3 is 10.4 Å². The van der Waals surface area contributed by atoms with Crippen molar-refractivity contribution < 1.29 is 23.1 Å². The van der Waals surface area contributed by atoms with Crippen LogP contribution in [0, 0.1) is 0 Å². The van der Waals surface area contributed by atoms with Crippen molar-refractivity contribution >= 4 is 11.6 Å². The number of carbonyl (C=O) groups excluding carboxylic acids is 1. The van der Waals surface area contributed by atoms with Crippen LogP contribution in [0.5, 0.6) is 0 Å². The molecule has 6 heteroatoms. The maximum absolute atomic E-state index is 12.9. The van der Waals surface area contributed by atoms with E-state index in [0.29, 0.717) is 11.3 Å². The Morgan fingerprint density at radius 2 is 1.74 bits per heavy atom. The van der Waals surface area contributed by atoms with E-state index in [1.54, 1.807) is 12.1 Å². The van der Waals surface area contributed by atoms with Gasteiger partial charge in [0.1, 0.15) is 0 Å². The highest BCUT2D eigenvalue weighted by atomic mass is 19.4. The van der Waals surface area contributed by atoms with E-state index in [0.717, 1.165) is 12.1 Å². The number of halogens is 3. The van der Waals surface area contributed by atoms with Crippen LogP contribution in [0.2, 0.25) is 0 Å². The van der Waals surface area contributed by atoms with E-state index in [9.17, 15) is 18.0 Å². The molecule has 0 saturated heterocycles. The van der Waals surface area contributed by atoms with Gasteiger partial charge in [-0.2, -0.15) is 13.2 Å². The van der Waals surface area contributed by atoms with Crippen LogP contribution in [0.15, 0.2) is 48.5 Å². The molecular weight excluding hydrogens is 307 g/mol. The molecule has 2 rings (SSSR count). The number of nitrogens with one attached hydrogen (secondary N) is 1. The zero-order valence-corrected chi connectivity index (χ0v) is 12.8. The SMILES string of the molecule is CC.O=C(Nc1cccc(CO)c1)c1ccccc1C(F)(F)F. The van der Waals surface area contributed by atoms with Gasteiger partial charge in [-0.25, -0.2) is 0 Å². The summed E-state index contributed by atoms with van der Waals surface area (Å²) in [6, 6.07) is 10.8. The summed E-state index contributed by atoms with van der Waals surface area (Å²) in [5.41, 5.74) is -0.555. The molecule has 3 nitrogen and oxygen atoms in total. The van der Waals surface area contributed by atoms with E-state index < -0.39 is 23.2 Å². The molecule has 0 aliphatic rings. The van der Waals surface area contributed by atoms with E-state index in [2.05, 4.69) is 5.32 Å². The van der Waals surface area contributed by atoms with Crippen LogP contribution >= 0.6 is 0 Å². The quantitative estimate of drug-likeness (QED) is 0.874. The standard InChI is InChI=1S/C15H12F3NO2.C2H6/c16-15(17,18)13-7-2-1-6-12(13)14(21)19-11-5-3-4-10(8-11)9-20;1-2/h1-8,20H,9H2,(H,19,21);1-2H3. The molecule has 0 aliphatic carbocycles. The largest absolute Gasteiger partial charge is 0.417 e. The topological polar surface area (TPSA) is 49.3 Å². The first-order chi connectivity index (χ1) is 10.9. The highest BCUT2D eigenvalue weighted by Gasteiger charge is 2.34. The van der Waals surface area contributed by atoms with Gasteiger partial charge in [0.25, 0.3) is 5.91 Å². The molecule has 0 radical (unpaired) electrons. The molecule has 0 bridgehead atoms. The normalized spacial score (nSPS) is 10.5. The Balaban J connectivity index is 0.00000127. The number of aliphatic hydroxyl groups is 1. The predicted molar refractivity (Wildman–Crippen MR) is 83.1 cm³/mol. The number of rotatable bonds is 3. The van der Waals surface area contributed by atoms with Crippen LogP contribution in [0.3, 0.4) is 0 Å². The lowest BCUT2D eigenvalue weighted by molar-refractivity contribution is -0.137. The van der Waals surface area contributed by atoms with Gasteiger partial charge in [-0.15, -0.1) is 0 Å². The van der Waals surface area contributed by atoms with Gasteiger partial charge in [-0.05, 0) is 29.8 Å². The van der Waals surface area contributed by atoms with Gasteiger partial charge in [0.15, 0.2) is 0 Å². The molecule has 0 fully saturated rings. The second kappa shape index (κ2) is 8.33. The minimum absolute atomic E-state index is 0.219. The molecule has 0 heterocycles. The fourth-order valence-electron chi connectivity index (χ4n) is 1.87. The maximum Gasteiger partial charge on any atom is 0.417 e. The Morgan fingerprint density at radius 3 is 2.35 bits per heavy atom. The highest BCUT2D eigenvalue weighted by molar-refractivity contribution is 6.05. The first kappa shape index (κ1) is 18.7. The van der Waals surface area contributed by atoms with Gasteiger partial charge in [0, 0.05) is 5.69 Å². The molecule has 2 aromatic rings. The van der Waals surface area contributed by atoms with E-state index in [1.165, 1.54) is 24.3 Å². The lowest BCUT2D eigenvalue weighted by Gasteiger charge is -2.13. The number of hydrogen-bond acceptors (Lipinski definition) is 2. The van der Waals surface area contributed by atoms with Crippen molar-refractivity contribution in [3.8, 4) is 0 Å². The van der Waals surface area contributed by atoms with Crippen LogP contribution in [-0.4, -0.2) is 11.0 Å². The Bertz CT molecular complexity index is 654. The number of carbonyl (C=O) groups is 1. The molecule has 0 unspecified atom stereocenters. The lowest BCUT2D eigenvalue weighted by atomic mass is 10.1. The Kier molecular flexibility index (Phi) is 6.78.